The van der Waals surface area contributed by atoms with E-state index in [-0.39, 0.29) is 5.82 Å². The molecule has 0 saturated heterocycles. The number of benzene rings is 2. The van der Waals surface area contributed by atoms with Crippen molar-refractivity contribution in [3.05, 3.63) is 63.7 Å². The lowest BCUT2D eigenvalue weighted by molar-refractivity contribution is 0.360. The fourth-order valence-corrected chi connectivity index (χ4v) is 3.75. The first-order valence-electron chi connectivity index (χ1n) is 7.35. The highest BCUT2D eigenvalue weighted by atomic mass is 35.5. The van der Waals surface area contributed by atoms with Crippen molar-refractivity contribution >= 4 is 28.9 Å². The zero-order valence-corrected chi connectivity index (χ0v) is 13.9. The van der Waals surface area contributed by atoms with E-state index in [1.54, 1.807) is 24.3 Å². The topological polar surface area (TPSA) is 64.9 Å². The van der Waals surface area contributed by atoms with E-state index in [1.165, 1.54) is 12.1 Å². The van der Waals surface area contributed by atoms with Crippen LogP contribution in [0.3, 0.4) is 0 Å². The molecule has 1 fully saturated rings. The third kappa shape index (κ3) is 2.44. The van der Waals surface area contributed by atoms with Crippen LogP contribution in [0.1, 0.15) is 24.3 Å². The molecule has 0 bridgehead atoms. The van der Waals surface area contributed by atoms with Gasteiger partial charge in [0.2, 0.25) is 11.7 Å². The van der Waals surface area contributed by atoms with Gasteiger partial charge in [0.25, 0.3) is 0 Å². The average molecular weight is 364 g/mol. The summed E-state index contributed by atoms with van der Waals surface area (Å²) in [6.45, 7) is 0. The number of hydrogen-bond acceptors (Lipinski definition) is 4. The van der Waals surface area contributed by atoms with Crippen molar-refractivity contribution in [1.29, 1.82) is 0 Å². The average Bonchev–Trinajstić information content (AvgIpc) is 3.15. The van der Waals surface area contributed by atoms with E-state index in [2.05, 4.69) is 10.1 Å². The van der Waals surface area contributed by atoms with E-state index >= 15 is 0 Å². The predicted octanol–water partition coefficient (Wildman–Crippen LogP) is 4.84. The van der Waals surface area contributed by atoms with Gasteiger partial charge >= 0.3 is 0 Å². The Labute approximate surface area is 147 Å². The van der Waals surface area contributed by atoms with Gasteiger partial charge in [-0.25, -0.2) is 4.39 Å². The zero-order valence-electron chi connectivity index (χ0n) is 12.4. The van der Waals surface area contributed by atoms with Gasteiger partial charge in [-0.05, 0) is 49.2 Å². The molecule has 2 aromatic carbocycles. The van der Waals surface area contributed by atoms with Crippen LogP contribution < -0.4 is 5.73 Å². The Morgan fingerprint density at radius 1 is 1.08 bits per heavy atom. The van der Waals surface area contributed by atoms with E-state index in [0.717, 1.165) is 18.4 Å². The van der Waals surface area contributed by atoms with Crippen LogP contribution in [-0.2, 0) is 5.41 Å². The normalized spacial score (nSPS) is 15.5. The summed E-state index contributed by atoms with van der Waals surface area (Å²) in [5.74, 6) is 0.538. The summed E-state index contributed by atoms with van der Waals surface area (Å²) in [5.41, 5.74) is 7.23. The van der Waals surface area contributed by atoms with Crippen molar-refractivity contribution in [1.82, 2.24) is 10.1 Å². The summed E-state index contributed by atoms with van der Waals surface area (Å²) in [6, 6.07) is 9.25. The Balaban J connectivity index is 1.76. The second-order valence-corrected chi connectivity index (χ2v) is 6.69. The monoisotopic (exact) mass is 363 g/mol. The van der Waals surface area contributed by atoms with Crippen LogP contribution in [0.5, 0.6) is 0 Å². The Hall–Kier alpha value is -2.11. The fourth-order valence-electron chi connectivity index (χ4n) is 2.88. The summed E-state index contributed by atoms with van der Waals surface area (Å²) in [5, 5.41) is 4.98. The number of rotatable bonds is 3. The second kappa shape index (κ2) is 5.46. The number of hydrogen-bond donors (Lipinski definition) is 1. The van der Waals surface area contributed by atoms with Gasteiger partial charge in [-0.1, -0.05) is 28.4 Å². The molecular weight excluding hydrogens is 352 g/mol. The minimum Gasteiger partial charge on any atom is -0.399 e. The molecule has 1 aliphatic rings. The number of aromatic nitrogens is 2. The van der Waals surface area contributed by atoms with Crippen molar-refractivity contribution in [2.45, 2.75) is 18.3 Å². The number of nitrogen functional groups attached to an aromatic ring is 1. The first-order chi connectivity index (χ1) is 11.5. The molecular formula is C17H12Cl2FN3O. The maximum atomic E-state index is 13.0. The molecule has 4 nitrogen and oxygen atoms in total. The highest BCUT2D eigenvalue weighted by Gasteiger charge is 2.53. The summed E-state index contributed by atoms with van der Waals surface area (Å²) in [7, 11) is 0. The minimum atomic E-state index is -0.479. The molecule has 4 rings (SSSR count). The number of nitrogens with two attached hydrogens (primary N) is 1. The van der Waals surface area contributed by atoms with Crippen LogP contribution >= 0.6 is 23.2 Å². The Morgan fingerprint density at radius 3 is 2.29 bits per heavy atom. The number of halogens is 3. The third-order valence-electron chi connectivity index (χ3n) is 4.23. The van der Waals surface area contributed by atoms with Crippen molar-refractivity contribution in [3.63, 3.8) is 0 Å². The molecule has 3 aromatic rings. The molecule has 1 aromatic heterocycles. The lowest BCUT2D eigenvalue weighted by atomic mass is 9.95. The maximum absolute atomic E-state index is 13.0. The van der Waals surface area contributed by atoms with Gasteiger partial charge in [0.05, 0.1) is 5.41 Å². The molecule has 1 heterocycles. The molecule has 0 radical (unpaired) electrons. The maximum Gasteiger partial charge on any atom is 0.237 e. The van der Waals surface area contributed by atoms with Crippen molar-refractivity contribution in [2.24, 2.45) is 0 Å². The van der Waals surface area contributed by atoms with Gasteiger partial charge in [-0.15, -0.1) is 0 Å². The first-order valence-corrected chi connectivity index (χ1v) is 8.10. The van der Waals surface area contributed by atoms with Gasteiger partial charge in [0.15, 0.2) is 0 Å². The lowest BCUT2D eigenvalue weighted by Gasteiger charge is -2.15. The smallest absolute Gasteiger partial charge is 0.237 e. The van der Waals surface area contributed by atoms with Crippen LogP contribution in [0.25, 0.3) is 11.4 Å². The van der Waals surface area contributed by atoms with Crippen molar-refractivity contribution in [3.8, 4) is 11.4 Å². The SMILES string of the molecule is Nc1cc(Cl)c(C2(c3nc(-c4ccc(F)cc4)no3)CC2)c(Cl)c1. The van der Waals surface area contributed by atoms with Crippen LogP contribution in [0, 0.1) is 5.82 Å². The molecule has 1 saturated carbocycles. The number of anilines is 1. The van der Waals surface area contributed by atoms with Crippen LogP contribution in [-0.4, -0.2) is 10.1 Å². The van der Waals surface area contributed by atoms with Gasteiger partial charge in [-0.3, -0.25) is 0 Å². The summed E-state index contributed by atoms with van der Waals surface area (Å²) in [6.07, 6.45) is 1.61. The second-order valence-electron chi connectivity index (χ2n) is 5.87. The molecule has 122 valence electrons. The largest absolute Gasteiger partial charge is 0.399 e. The van der Waals surface area contributed by atoms with Gasteiger partial charge in [0, 0.05) is 26.9 Å². The lowest BCUT2D eigenvalue weighted by Crippen LogP contribution is -2.11. The molecule has 0 amide bonds. The molecule has 0 atom stereocenters. The highest BCUT2D eigenvalue weighted by molar-refractivity contribution is 6.36. The van der Waals surface area contributed by atoms with E-state index in [4.69, 9.17) is 33.5 Å². The van der Waals surface area contributed by atoms with Gasteiger partial charge in [0.1, 0.15) is 5.82 Å². The van der Waals surface area contributed by atoms with E-state index in [1.807, 2.05) is 0 Å². The van der Waals surface area contributed by atoms with E-state index in [9.17, 15) is 4.39 Å². The molecule has 2 N–H and O–H groups in total. The standard InChI is InChI=1S/C17H12Cl2FN3O/c18-12-7-11(21)8-13(19)14(12)17(5-6-17)16-22-15(23-24-16)9-1-3-10(20)4-2-9/h1-4,7-8H,5-6,21H2. The van der Waals surface area contributed by atoms with Crippen LogP contribution in [0.4, 0.5) is 10.1 Å². The Bertz CT molecular complexity index is 897. The molecule has 24 heavy (non-hydrogen) atoms. The first kappa shape index (κ1) is 15.4. The Morgan fingerprint density at radius 2 is 1.71 bits per heavy atom. The fraction of sp³-hybridized carbons (Fsp3) is 0.176. The number of nitrogens with zero attached hydrogens (tertiary/aromatic N) is 2. The molecule has 0 aliphatic heterocycles. The van der Waals surface area contributed by atoms with Gasteiger partial charge < -0.3 is 10.3 Å². The Kier molecular flexibility index (Phi) is 3.51. The third-order valence-corrected chi connectivity index (χ3v) is 4.83. The summed E-state index contributed by atoms with van der Waals surface area (Å²) < 4.78 is 18.5. The van der Waals surface area contributed by atoms with Crippen molar-refractivity contribution < 1.29 is 8.91 Å². The summed E-state index contributed by atoms with van der Waals surface area (Å²) in [4.78, 5) is 4.48. The molecule has 1 aliphatic carbocycles. The van der Waals surface area contributed by atoms with E-state index in [0.29, 0.717) is 33.0 Å². The molecule has 0 spiro atoms. The van der Waals surface area contributed by atoms with Gasteiger partial charge in [-0.2, -0.15) is 4.98 Å². The van der Waals surface area contributed by atoms with E-state index < -0.39 is 5.41 Å². The molecule has 0 unspecified atom stereocenters. The highest BCUT2D eigenvalue weighted by Crippen LogP contribution is 2.57. The molecule has 7 heteroatoms. The predicted molar refractivity (Wildman–Crippen MR) is 90.6 cm³/mol. The van der Waals surface area contributed by atoms with Crippen molar-refractivity contribution in [2.75, 3.05) is 5.73 Å². The van der Waals surface area contributed by atoms with Crippen LogP contribution in [0.15, 0.2) is 40.9 Å². The summed E-state index contributed by atoms with van der Waals surface area (Å²) >= 11 is 12.7. The van der Waals surface area contributed by atoms with Crippen LogP contribution in [0.2, 0.25) is 10.0 Å². The quantitative estimate of drug-likeness (QED) is 0.675. The zero-order chi connectivity index (χ0) is 16.9. The minimum absolute atomic E-state index is 0.318.